The van der Waals surface area contributed by atoms with Gasteiger partial charge < -0.3 is 14.3 Å². The molecule has 1 fully saturated rings. The summed E-state index contributed by atoms with van der Waals surface area (Å²) in [6.45, 7) is 8.46. The first-order valence-electron chi connectivity index (χ1n) is 8.23. The smallest absolute Gasteiger partial charge is 0.411 e. The van der Waals surface area contributed by atoms with Crippen LogP contribution in [0.2, 0.25) is 0 Å². The Morgan fingerprint density at radius 2 is 1.96 bits per heavy atom. The van der Waals surface area contributed by atoms with Crippen LogP contribution in [0.3, 0.4) is 0 Å². The molecule has 0 spiro atoms. The molecular weight excluding hydrogens is 300 g/mol. The molecule has 0 aliphatic carbocycles. The second-order valence-corrected chi connectivity index (χ2v) is 6.77. The second-order valence-electron chi connectivity index (χ2n) is 6.77. The number of hydrogen-bond acceptors (Lipinski definition) is 6. The van der Waals surface area contributed by atoms with Crippen LogP contribution in [0, 0.1) is 0 Å². The van der Waals surface area contributed by atoms with Crippen molar-refractivity contribution in [3.63, 3.8) is 0 Å². The van der Waals surface area contributed by atoms with Gasteiger partial charge in [0, 0.05) is 6.54 Å². The molecule has 23 heavy (non-hydrogen) atoms. The molecule has 134 valence electrons. The number of piperidine rings is 1. The molecule has 7 heteroatoms. The summed E-state index contributed by atoms with van der Waals surface area (Å²) in [6, 6.07) is -0.635. The summed E-state index contributed by atoms with van der Waals surface area (Å²) in [5, 5.41) is 0. The topological polar surface area (TPSA) is 77.1 Å². The van der Waals surface area contributed by atoms with Gasteiger partial charge in [-0.2, -0.15) is 5.48 Å². The first kappa shape index (κ1) is 19.7. The van der Waals surface area contributed by atoms with Crippen LogP contribution in [0.1, 0.15) is 53.4 Å². The maximum absolute atomic E-state index is 12.4. The summed E-state index contributed by atoms with van der Waals surface area (Å²) in [4.78, 5) is 31.2. The highest BCUT2D eigenvalue weighted by Gasteiger charge is 2.38. The monoisotopic (exact) mass is 330 g/mol. The minimum absolute atomic E-state index is 0.0275. The van der Waals surface area contributed by atoms with Crippen LogP contribution in [0.4, 0.5) is 4.79 Å². The van der Waals surface area contributed by atoms with E-state index in [0.717, 1.165) is 19.3 Å². The molecule has 1 N–H and O–H groups in total. The third-order valence-corrected chi connectivity index (χ3v) is 3.53. The Balaban J connectivity index is 2.67. The minimum Gasteiger partial charge on any atom is -0.467 e. The molecule has 0 aromatic rings. The number of rotatable bonds is 6. The van der Waals surface area contributed by atoms with E-state index in [-0.39, 0.29) is 6.04 Å². The Hall–Kier alpha value is -1.34. The van der Waals surface area contributed by atoms with E-state index in [4.69, 9.17) is 14.3 Å². The van der Waals surface area contributed by atoms with Gasteiger partial charge in [0.25, 0.3) is 0 Å². The van der Waals surface area contributed by atoms with Crippen LogP contribution < -0.4 is 5.48 Å². The van der Waals surface area contributed by atoms with Crippen molar-refractivity contribution < 1.29 is 23.9 Å². The van der Waals surface area contributed by atoms with Crippen molar-refractivity contribution >= 4 is 12.1 Å². The predicted octanol–water partition coefficient (Wildman–Crippen LogP) is 2.25. The van der Waals surface area contributed by atoms with E-state index in [1.165, 1.54) is 12.0 Å². The van der Waals surface area contributed by atoms with Crippen molar-refractivity contribution in [2.24, 2.45) is 0 Å². The zero-order valence-electron chi connectivity index (χ0n) is 14.9. The molecule has 1 rings (SSSR count). The third kappa shape index (κ3) is 6.74. The van der Waals surface area contributed by atoms with E-state index in [1.54, 1.807) is 20.8 Å². The van der Waals surface area contributed by atoms with Crippen LogP contribution in [-0.2, 0) is 19.1 Å². The van der Waals surface area contributed by atoms with Crippen LogP contribution in [0.25, 0.3) is 0 Å². The maximum atomic E-state index is 12.4. The lowest BCUT2D eigenvalue weighted by molar-refractivity contribution is -0.149. The summed E-state index contributed by atoms with van der Waals surface area (Å²) in [5.74, 6) is -0.416. The van der Waals surface area contributed by atoms with Gasteiger partial charge in [0.05, 0.1) is 19.8 Å². The van der Waals surface area contributed by atoms with Gasteiger partial charge in [-0.3, -0.25) is 4.90 Å². The SMILES string of the molecule is CCCCON[C@@H]1CC[C@@H](C(=O)OC)N(C(=O)OC(C)(C)C)C1. The predicted molar refractivity (Wildman–Crippen MR) is 85.8 cm³/mol. The molecule has 1 amide bonds. The molecule has 0 radical (unpaired) electrons. The number of esters is 1. The summed E-state index contributed by atoms with van der Waals surface area (Å²) in [5.41, 5.74) is 2.36. The fourth-order valence-electron chi connectivity index (χ4n) is 2.36. The Morgan fingerprint density at radius 1 is 1.26 bits per heavy atom. The Kier molecular flexibility index (Phi) is 7.78. The van der Waals surface area contributed by atoms with Crippen molar-refractivity contribution in [3.8, 4) is 0 Å². The molecule has 2 atom stereocenters. The molecule has 0 unspecified atom stereocenters. The molecule has 1 heterocycles. The van der Waals surface area contributed by atoms with Crippen LogP contribution in [0.5, 0.6) is 0 Å². The molecule has 7 nitrogen and oxygen atoms in total. The lowest BCUT2D eigenvalue weighted by atomic mass is 9.99. The lowest BCUT2D eigenvalue weighted by Crippen LogP contribution is -2.56. The summed E-state index contributed by atoms with van der Waals surface area (Å²) >= 11 is 0. The zero-order valence-corrected chi connectivity index (χ0v) is 14.9. The lowest BCUT2D eigenvalue weighted by Gasteiger charge is -2.38. The molecule has 0 aromatic carbocycles. The van der Waals surface area contributed by atoms with Crippen molar-refractivity contribution in [1.29, 1.82) is 0 Å². The molecule has 0 saturated carbocycles. The maximum Gasteiger partial charge on any atom is 0.411 e. The molecule has 0 aromatic heterocycles. The normalized spacial score (nSPS) is 21.9. The fraction of sp³-hybridized carbons (Fsp3) is 0.875. The number of amides is 1. The number of nitrogens with zero attached hydrogens (tertiary/aromatic N) is 1. The average Bonchev–Trinajstić information content (AvgIpc) is 2.49. The Morgan fingerprint density at radius 3 is 2.52 bits per heavy atom. The highest BCUT2D eigenvalue weighted by molar-refractivity contribution is 5.81. The van der Waals surface area contributed by atoms with E-state index in [2.05, 4.69) is 12.4 Å². The number of methoxy groups -OCH3 is 1. The minimum atomic E-state index is -0.615. The Bertz CT molecular complexity index is 394. The first-order chi connectivity index (χ1) is 10.8. The van der Waals surface area contributed by atoms with Crippen molar-refractivity contribution in [2.45, 2.75) is 71.1 Å². The number of unbranched alkanes of at least 4 members (excludes halogenated alkanes) is 1. The Labute approximate surface area is 138 Å². The molecular formula is C16H30N2O5. The van der Waals surface area contributed by atoms with E-state index >= 15 is 0 Å². The second kappa shape index (κ2) is 9.08. The average molecular weight is 330 g/mol. The van der Waals surface area contributed by atoms with Gasteiger partial charge in [-0.05, 0) is 40.0 Å². The number of carbonyl (C=O) groups excluding carboxylic acids is 2. The number of carbonyl (C=O) groups is 2. The van der Waals surface area contributed by atoms with E-state index < -0.39 is 23.7 Å². The van der Waals surface area contributed by atoms with Crippen molar-refractivity contribution in [1.82, 2.24) is 10.4 Å². The van der Waals surface area contributed by atoms with E-state index in [9.17, 15) is 9.59 Å². The zero-order chi connectivity index (χ0) is 17.5. The summed E-state index contributed by atoms with van der Waals surface area (Å²) in [7, 11) is 1.33. The molecule has 1 saturated heterocycles. The first-order valence-corrected chi connectivity index (χ1v) is 8.23. The number of likely N-dealkylation sites (tertiary alicyclic amines) is 1. The number of hydrogen-bond donors (Lipinski definition) is 1. The van der Waals surface area contributed by atoms with Crippen LogP contribution in [-0.4, -0.2) is 54.9 Å². The van der Waals surface area contributed by atoms with E-state index in [0.29, 0.717) is 19.6 Å². The van der Waals surface area contributed by atoms with Gasteiger partial charge in [0.15, 0.2) is 0 Å². The summed E-state index contributed by atoms with van der Waals surface area (Å²) in [6.07, 6.45) is 2.76. The van der Waals surface area contributed by atoms with Gasteiger partial charge in [-0.25, -0.2) is 9.59 Å². The molecule has 1 aliphatic heterocycles. The van der Waals surface area contributed by atoms with Crippen molar-refractivity contribution in [3.05, 3.63) is 0 Å². The number of ether oxygens (including phenoxy) is 2. The van der Waals surface area contributed by atoms with Gasteiger partial charge in [0.2, 0.25) is 0 Å². The largest absolute Gasteiger partial charge is 0.467 e. The standard InChI is InChI=1S/C16H30N2O5/c1-6-7-10-22-17-12-8-9-13(14(19)21-5)18(11-12)15(20)23-16(2,3)4/h12-13,17H,6-11H2,1-5H3/t12-,13+/m1/s1. The summed E-state index contributed by atoms with van der Waals surface area (Å²) < 4.78 is 10.2. The van der Waals surface area contributed by atoms with Gasteiger partial charge in [-0.1, -0.05) is 13.3 Å². The quantitative estimate of drug-likeness (QED) is 0.457. The van der Waals surface area contributed by atoms with Gasteiger partial charge >= 0.3 is 12.1 Å². The highest BCUT2D eigenvalue weighted by atomic mass is 16.6. The van der Waals surface area contributed by atoms with E-state index in [1.807, 2.05) is 0 Å². The fourth-order valence-corrected chi connectivity index (χ4v) is 2.36. The van der Waals surface area contributed by atoms with Crippen LogP contribution in [0.15, 0.2) is 0 Å². The number of hydroxylamine groups is 1. The van der Waals surface area contributed by atoms with Gasteiger partial charge in [0.1, 0.15) is 11.6 Å². The third-order valence-electron chi connectivity index (χ3n) is 3.53. The van der Waals surface area contributed by atoms with Crippen molar-refractivity contribution in [2.75, 3.05) is 20.3 Å². The number of nitrogens with one attached hydrogen (secondary N) is 1. The van der Waals surface area contributed by atoms with Crippen LogP contribution >= 0.6 is 0 Å². The van der Waals surface area contributed by atoms with Gasteiger partial charge in [-0.15, -0.1) is 0 Å². The molecule has 1 aliphatic rings. The molecule has 0 bridgehead atoms. The highest BCUT2D eigenvalue weighted by Crippen LogP contribution is 2.22.